The summed E-state index contributed by atoms with van der Waals surface area (Å²) in [6, 6.07) is 3.30. The molecule has 1 aliphatic rings. The number of methoxy groups -OCH3 is 1. The van der Waals surface area contributed by atoms with E-state index in [1.807, 2.05) is 0 Å². The molecule has 0 unspecified atom stereocenters. The average molecular weight is 303 g/mol. The molecule has 0 bridgehead atoms. The molecule has 0 atom stereocenters. The van der Waals surface area contributed by atoms with Crippen LogP contribution in [0.5, 0.6) is 5.75 Å². The van der Waals surface area contributed by atoms with Crippen molar-refractivity contribution >= 4 is 29.1 Å². The Morgan fingerprint density at radius 3 is 2.47 bits per heavy atom. The van der Waals surface area contributed by atoms with Gasteiger partial charge in [0, 0.05) is 25.2 Å². The highest BCUT2D eigenvalue weighted by Crippen LogP contribution is 2.31. The number of carbonyl (C=O) groups is 1. The molecule has 4 nitrogen and oxygen atoms in total. The molecule has 0 radical (unpaired) electrons. The summed E-state index contributed by atoms with van der Waals surface area (Å²) in [5.41, 5.74) is 6.27. The number of likely N-dealkylation sites (tertiary alicyclic amines) is 1. The minimum Gasteiger partial charge on any atom is -0.496 e. The second-order valence-electron chi connectivity index (χ2n) is 4.60. The van der Waals surface area contributed by atoms with Crippen molar-refractivity contribution in [1.82, 2.24) is 4.90 Å². The first kappa shape index (κ1) is 14.4. The van der Waals surface area contributed by atoms with Crippen LogP contribution in [-0.4, -0.2) is 37.0 Å². The topological polar surface area (TPSA) is 55.6 Å². The van der Waals surface area contributed by atoms with Gasteiger partial charge < -0.3 is 15.4 Å². The van der Waals surface area contributed by atoms with Gasteiger partial charge in [0.1, 0.15) is 5.75 Å². The van der Waals surface area contributed by atoms with E-state index in [9.17, 15) is 4.79 Å². The van der Waals surface area contributed by atoms with Gasteiger partial charge in [-0.3, -0.25) is 4.79 Å². The van der Waals surface area contributed by atoms with Crippen molar-refractivity contribution in [2.45, 2.75) is 18.9 Å². The van der Waals surface area contributed by atoms with E-state index in [0.717, 1.165) is 12.8 Å². The molecule has 19 heavy (non-hydrogen) atoms. The number of ether oxygens (including phenoxy) is 1. The molecule has 2 N–H and O–H groups in total. The Bertz CT molecular complexity index is 486. The number of amides is 1. The van der Waals surface area contributed by atoms with Crippen molar-refractivity contribution in [3.8, 4) is 5.75 Å². The largest absolute Gasteiger partial charge is 0.496 e. The quantitative estimate of drug-likeness (QED) is 0.913. The second kappa shape index (κ2) is 5.99. The monoisotopic (exact) mass is 302 g/mol. The molecular formula is C13H16Cl2N2O2. The number of hydrogen-bond donors (Lipinski definition) is 1. The van der Waals surface area contributed by atoms with Crippen molar-refractivity contribution in [2.75, 3.05) is 20.2 Å². The Kier molecular flexibility index (Phi) is 4.55. The molecule has 1 amide bonds. The lowest BCUT2D eigenvalue weighted by Gasteiger charge is -2.30. The van der Waals surface area contributed by atoms with Crippen LogP contribution in [0.4, 0.5) is 0 Å². The molecule has 1 aromatic rings. The summed E-state index contributed by atoms with van der Waals surface area (Å²) in [4.78, 5) is 14.2. The zero-order chi connectivity index (χ0) is 14.0. The summed E-state index contributed by atoms with van der Waals surface area (Å²) < 4.78 is 5.20. The Morgan fingerprint density at radius 2 is 1.89 bits per heavy atom. The summed E-state index contributed by atoms with van der Waals surface area (Å²) in [6.07, 6.45) is 1.63. The van der Waals surface area contributed by atoms with Gasteiger partial charge in [0.05, 0.1) is 22.7 Å². The first-order valence-corrected chi connectivity index (χ1v) is 6.86. The maximum absolute atomic E-state index is 12.5. The first-order chi connectivity index (χ1) is 9.02. The smallest absolute Gasteiger partial charge is 0.257 e. The van der Waals surface area contributed by atoms with Gasteiger partial charge in [-0.1, -0.05) is 23.2 Å². The van der Waals surface area contributed by atoms with Crippen LogP contribution >= 0.6 is 23.2 Å². The molecule has 0 saturated carbocycles. The van der Waals surface area contributed by atoms with Crippen LogP contribution in [0, 0.1) is 0 Å². The SMILES string of the molecule is COc1cc(Cl)c(Cl)cc1C(=O)N1CCC(N)CC1. The molecule has 1 saturated heterocycles. The number of piperidine rings is 1. The molecule has 1 fully saturated rings. The average Bonchev–Trinajstić information content (AvgIpc) is 2.41. The van der Waals surface area contributed by atoms with Gasteiger partial charge in [-0.25, -0.2) is 0 Å². The highest BCUT2D eigenvalue weighted by atomic mass is 35.5. The Morgan fingerprint density at radius 1 is 1.32 bits per heavy atom. The number of benzene rings is 1. The number of nitrogens with zero attached hydrogens (tertiary/aromatic N) is 1. The summed E-state index contributed by atoms with van der Waals surface area (Å²) in [5, 5.41) is 0.718. The van der Waals surface area contributed by atoms with Crippen molar-refractivity contribution < 1.29 is 9.53 Å². The van der Waals surface area contributed by atoms with Gasteiger partial charge >= 0.3 is 0 Å². The fourth-order valence-electron chi connectivity index (χ4n) is 2.14. The third-order valence-corrected chi connectivity index (χ3v) is 4.02. The van der Waals surface area contributed by atoms with Gasteiger partial charge in [-0.15, -0.1) is 0 Å². The zero-order valence-corrected chi connectivity index (χ0v) is 12.2. The highest BCUT2D eigenvalue weighted by molar-refractivity contribution is 6.42. The van der Waals surface area contributed by atoms with Crippen LogP contribution in [0.15, 0.2) is 12.1 Å². The van der Waals surface area contributed by atoms with Crippen molar-refractivity contribution in [3.63, 3.8) is 0 Å². The van der Waals surface area contributed by atoms with Crippen LogP contribution in [-0.2, 0) is 0 Å². The summed E-state index contributed by atoms with van der Waals surface area (Å²) in [5.74, 6) is 0.344. The molecule has 0 aromatic heterocycles. The van der Waals surface area contributed by atoms with E-state index < -0.39 is 0 Å². The third kappa shape index (κ3) is 3.14. The fraction of sp³-hybridized carbons (Fsp3) is 0.462. The Balaban J connectivity index is 2.25. The van der Waals surface area contributed by atoms with E-state index >= 15 is 0 Å². The number of carbonyl (C=O) groups excluding carboxylic acids is 1. The van der Waals surface area contributed by atoms with E-state index in [4.69, 9.17) is 33.7 Å². The minimum absolute atomic E-state index is 0.0951. The Hall–Kier alpha value is -0.970. The maximum Gasteiger partial charge on any atom is 0.257 e. The van der Waals surface area contributed by atoms with Crippen molar-refractivity contribution in [3.05, 3.63) is 27.7 Å². The zero-order valence-electron chi connectivity index (χ0n) is 10.7. The normalized spacial score (nSPS) is 16.5. The lowest BCUT2D eigenvalue weighted by atomic mass is 10.0. The highest BCUT2D eigenvalue weighted by Gasteiger charge is 2.24. The number of nitrogens with two attached hydrogens (primary N) is 1. The number of hydrogen-bond acceptors (Lipinski definition) is 3. The lowest BCUT2D eigenvalue weighted by molar-refractivity contribution is 0.0711. The lowest BCUT2D eigenvalue weighted by Crippen LogP contribution is -2.42. The van der Waals surface area contributed by atoms with E-state index in [-0.39, 0.29) is 11.9 Å². The molecule has 1 aliphatic heterocycles. The predicted octanol–water partition coefficient (Wildman–Crippen LogP) is 2.57. The summed E-state index contributed by atoms with van der Waals surface area (Å²) in [7, 11) is 1.50. The van der Waals surface area contributed by atoms with Crippen LogP contribution in [0.25, 0.3) is 0 Å². The minimum atomic E-state index is -0.0951. The van der Waals surface area contributed by atoms with E-state index in [2.05, 4.69) is 0 Å². The van der Waals surface area contributed by atoms with Gasteiger partial charge in [0.2, 0.25) is 0 Å². The third-order valence-electron chi connectivity index (χ3n) is 3.30. The molecule has 0 aliphatic carbocycles. The van der Waals surface area contributed by atoms with E-state index in [1.54, 1.807) is 17.0 Å². The molecule has 6 heteroatoms. The molecule has 1 aromatic carbocycles. The molecule has 104 valence electrons. The van der Waals surface area contributed by atoms with Crippen molar-refractivity contribution in [1.29, 1.82) is 0 Å². The summed E-state index contributed by atoms with van der Waals surface area (Å²) in [6.45, 7) is 1.31. The molecule has 2 rings (SSSR count). The Labute approximate surface area is 122 Å². The van der Waals surface area contributed by atoms with Crippen LogP contribution < -0.4 is 10.5 Å². The van der Waals surface area contributed by atoms with Gasteiger partial charge in [-0.05, 0) is 18.9 Å². The van der Waals surface area contributed by atoms with Crippen LogP contribution in [0.3, 0.4) is 0 Å². The van der Waals surface area contributed by atoms with Gasteiger partial charge in [-0.2, -0.15) is 0 Å². The number of halogens is 2. The first-order valence-electron chi connectivity index (χ1n) is 6.11. The second-order valence-corrected chi connectivity index (χ2v) is 5.41. The maximum atomic E-state index is 12.5. The standard InChI is InChI=1S/C13H16Cl2N2O2/c1-19-12-7-11(15)10(14)6-9(12)13(18)17-4-2-8(16)3-5-17/h6-8H,2-5,16H2,1H3. The fourth-order valence-corrected chi connectivity index (χ4v) is 2.45. The van der Waals surface area contributed by atoms with Crippen LogP contribution in [0.1, 0.15) is 23.2 Å². The van der Waals surface area contributed by atoms with Gasteiger partial charge in [0.25, 0.3) is 5.91 Å². The van der Waals surface area contributed by atoms with Crippen molar-refractivity contribution in [2.24, 2.45) is 5.73 Å². The molecule has 0 spiro atoms. The van der Waals surface area contributed by atoms with E-state index in [1.165, 1.54) is 7.11 Å². The molecule has 1 heterocycles. The van der Waals surface area contributed by atoms with Crippen LogP contribution in [0.2, 0.25) is 10.0 Å². The van der Waals surface area contributed by atoms with E-state index in [0.29, 0.717) is 34.4 Å². The summed E-state index contributed by atoms with van der Waals surface area (Å²) >= 11 is 11.9. The molecular weight excluding hydrogens is 287 g/mol. The predicted molar refractivity (Wildman–Crippen MR) is 76.1 cm³/mol. The number of rotatable bonds is 2. The van der Waals surface area contributed by atoms with Gasteiger partial charge in [0.15, 0.2) is 0 Å².